The monoisotopic (exact) mass is 941 g/mol. The summed E-state index contributed by atoms with van der Waals surface area (Å²) in [5.41, 5.74) is 11.0. The summed E-state index contributed by atoms with van der Waals surface area (Å²) in [4.78, 5) is 0. The van der Waals surface area contributed by atoms with Gasteiger partial charge in [-0.25, -0.2) is 0 Å². The van der Waals surface area contributed by atoms with Crippen molar-refractivity contribution in [2.45, 2.75) is 155 Å². The molecule has 0 aliphatic heterocycles. The van der Waals surface area contributed by atoms with Crippen molar-refractivity contribution < 1.29 is 19.1 Å². The highest BCUT2D eigenvalue weighted by Crippen LogP contribution is 2.58. The van der Waals surface area contributed by atoms with Gasteiger partial charge < -0.3 is 19.1 Å². The third-order valence-electron chi connectivity index (χ3n) is 13.7. The van der Waals surface area contributed by atoms with E-state index in [1.165, 1.54) is 0 Å². The van der Waals surface area contributed by atoms with Crippen molar-refractivity contribution in [1.29, 1.82) is 0 Å². The van der Waals surface area contributed by atoms with Crippen LogP contribution in [0.3, 0.4) is 0 Å². The van der Waals surface area contributed by atoms with E-state index >= 15 is 0 Å². The maximum atomic E-state index is 14.1. The molecule has 6 aromatic carbocycles. The van der Waals surface area contributed by atoms with Crippen molar-refractivity contribution in [3.63, 3.8) is 0 Å². The van der Waals surface area contributed by atoms with Crippen molar-refractivity contribution in [1.82, 2.24) is 0 Å². The van der Waals surface area contributed by atoms with Crippen LogP contribution in [0.15, 0.2) is 121 Å². The summed E-state index contributed by atoms with van der Waals surface area (Å²) in [5.74, 6) is 1.89. The lowest BCUT2D eigenvalue weighted by Gasteiger charge is -2.43. The molecule has 0 radical (unpaired) electrons. The standard InChI is InChI=1S/C62H76O4Si2/c1-57(2,3)49-35-39(36-50(58(4,5)6)55(49)65-67(13,14)15)61(63)45-31-23-19-27-41(45)53(42-28-20-24-32-46(42)61)54-43-29-21-25-33-47(43)62(64,48-34-26-22-30-44(48)54)40-37-51(59(7,8)9)56(66-68(16,17)18)52(38-40)60(10,11)12/h19-38,63-64H,1-18H3. The van der Waals surface area contributed by atoms with Gasteiger partial charge in [0.2, 0.25) is 16.6 Å². The van der Waals surface area contributed by atoms with Crippen LogP contribution in [0.5, 0.6) is 11.5 Å². The van der Waals surface area contributed by atoms with Crippen molar-refractivity contribution >= 4 is 27.8 Å². The smallest absolute Gasteiger partial charge is 0.242 e. The first-order chi connectivity index (χ1) is 31.3. The highest BCUT2D eigenvalue weighted by molar-refractivity contribution is 6.70. The Hall–Kier alpha value is -4.99. The van der Waals surface area contributed by atoms with E-state index in [0.29, 0.717) is 0 Å². The van der Waals surface area contributed by atoms with E-state index in [-0.39, 0.29) is 21.7 Å². The second kappa shape index (κ2) is 16.3. The zero-order valence-electron chi connectivity index (χ0n) is 44.3. The number of rotatable bonds is 6. The summed E-state index contributed by atoms with van der Waals surface area (Å²) in [6, 6.07) is 42.5. The Morgan fingerprint density at radius 3 is 0.750 bits per heavy atom. The van der Waals surface area contributed by atoms with Gasteiger partial charge in [0.15, 0.2) is 0 Å². The number of fused-ring (bicyclic) bond motifs is 4. The Labute approximate surface area is 410 Å². The summed E-state index contributed by atoms with van der Waals surface area (Å²) in [7, 11) is -4.11. The number of benzene rings is 6. The van der Waals surface area contributed by atoms with E-state index in [1.807, 2.05) is 0 Å². The van der Waals surface area contributed by atoms with Crippen LogP contribution in [0.2, 0.25) is 39.3 Å². The Kier molecular flexibility index (Phi) is 11.8. The highest BCUT2D eigenvalue weighted by atomic mass is 28.4. The third-order valence-corrected chi connectivity index (χ3v) is 15.3. The molecule has 0 fully saturated rings. The molecule has 6 aromatic rings. The lowest BCUT2D eigenvalue weighted by molar-refractivity contribution is 0.122. The molecule has 68 heavy (non-hydrogen) atoms. The Morgan fingerprint density at radius 2 is 0.559 bits per heavy atom. The van der Waals surface area contributed by atoms with Gasteiger partial charge in [0.1, 0.15) is 22.7 Å². The molecule has 4 nitrogen and oxygen atoms in total. The fourth-order valence-electron chi connectivity index (χ4n) is 10.5. The summed E-state index contributed by atoms with van der Waals surface area (Å²) in [6.45, 7) is 40.4. The van der Waals surface area contributed by atoms with Crippen molar-refractivity contribution in [3.8, 4) is 11.5 Å². The minimum Gasteiger partial charge on any atom is -0.544 e. The molecular formula is C62H76O4Si2. The minimum absolute atomic E-state index is 0.280. The molecule has 6 heteroatoms. The molecule has 2 aliphatic rings. The molecule has 0 heterocycles. The normalized spacial score (nSPS) is 18.6. The first-order valence-electron chi connectivity index (χ1n) is 24.6. The molecule has 0 aromatic heterocycles. The zero-order valence-corrected chi connectivity index (χ0v) is 46.3. The second-order valence-corrected chi connectivity index (χ2v) is 34.4. The maximum absolute atomic E-state index is 14.1. The van der Waals surface area contributed by atoms with Crippen molar-refractivity contribution in [2.75, 3.05) is 0 Å². The SMILES string of the molecule is CC(C)(C)c1cc(C2(O)c3ccccc3C(=C3c4ccccc4C(O)(c4cc(C(C)(C)C)c(O[Si](C)(C)C)c(C(C)(C)C)c4)c4ccccc43)c3ccccc32)cc(C(C)(C)C)c1O[Si](C)(C)C. The van der Waals surface area contributed by atoms with Gasteiger partial charge in [-0.1, -0.05) is 180 Å². The number of aliphatic hydroxyl groups is 2. The van der Waals surface area contributed by atoms with Crippen LogP contribution < -0.4 is 8.85 Å². The van der Waals surface area contributed by atoms with Gasteiger partial charge in [0.25, 0.3) is 0 Å². The summed E-state index contributed by atoms with van der Waals surface area (Å²) >= 11 is 0. The van der Waals surface area contributed by atoms with Crippen molar-refractivity contribution in [2.24, 2.45) is 0 Å². The van der Waals surface area contributed by atoms with Crippen LogP contribution in [0.4, 0.5) is 0 Å². The van der Waals surface area contributed by atoms with E-state index in [2.05, 4.69) is 244 Å². The van der Waals surface area contributed by atoms with Crippen molar-refractivity contribution in [3.05, 3.63) is 199 Å². The molecule has 356 valence electrons. The Morgan fingerprint density at radius 1 is 0.353 bits per heavy atom. The van der Waals surface area contributed by atoms with E-state index in [1.54, 1.807) is 0 Å². The molecule has 0 atom stereocenters. The average Bonchev–Trinajstić information content (AvgIpc) is 3.22. The predicted octanol–water partition coefficient (Wildman–Crippen LogP) is 15.5. The zero-order chi connectivity index (χ0) is 49.9. The average molecular weight is 941 g/mol. The minimum atomic E-state index is -2.05. The summed E-state index contributed by atoms with van der Waals surface area (Å²) in [5, 5.41) is 28.1. The number of hydrogen-bond acceptors (Lipinski definition) is 4. The van der Waals surface area contributed by atoms with Crippen LogP contribution >= 0.6 is 0 Å². The fraction of sp³-hybridized carbons (Fsp3) is 0.387. The van der Waals surface area contributed by atoms with E-state index < -0.39 is 27.8 Å². The van der Waals surface area contributed by atoms with Gasteiger partial charge in [0.05, 0.1) is 0 Å². The van der Waals surface area contributed by atoms with Crippen LogP contribution in [0.1, 0.15) is 161 Å². The first-order valence-corrected chi connectivity index (χ1v) is 31.4. The molecular weight excluding hydrogens is 865 g/mol. The van der Waals surface area contributed by atoms with E-state index in [9.17, 15) is 10.2 Å². The quantitative estimate of drug-likeness (QED) is 0.163. The van der Waals surface area contributed by atoms with Gasteiger partial charge in [-0.05, 0) is 152 Å². The molecule has 0 unspecified atom stereocenters. The first kappa shape index (κ1) is 49.4. The second-order valence-electron chi connectivity index (χ2n) is 25.6. The topological polar surface area (TPSA) is 58.9 Å². The predicted molar refractivity (Wildman–Crippen MR) is 291 cm³/mol. The van der Waals surface area contributed by atoms with Crippen LogP contribution in [0.25, 0.3) is 11.1 Å². The van der Waals surface area contributed by atoms with Crippen LogP contribution in [-0.2, 0) is 32.9 Å². The van der Waals surface area contributed by atoms with Gasteiger partial charge in [0, 0.05) is 22.3 Å². The highest BCUT2D eigenvalue weighted by Gasteiger charge is 2.49. The molecule has 8 rings (SSSR count). The lowest BCUT2D eigenvalue weighted by atomic mass is 9.63. The van der Waals surface area contributed by atoms with Crippen LogP contribution in [-0.4, -0.2) is 26.8 Å². The van der Waals surface area contributed by atoms with E-state index in [0.717, 1.165) is 101 Å². The van der Waals surface area contributed by atoms with E-state index in [4.69, 9.17) is 8.85 Å². The molecule has 2 aliphatic carbocycles. The third kappa shape index (κ3) is 8.48. The molecule has 0 spiro atoms. The molecule has 0 amide bonds. The molecule has 0 saturated carbocycles. The Balaban J connectivity index is 1.47. The number of hydrogen-bond donors (Lipinski definition) is 2. The molecule has 0 bridgehead atoms. The lowest BCUT2D eigenvalue weighted by Crippen LogP contribution is -2.38. The largest absolute Gasteiger partial charge is 0.544 e. The molecule has 2 N–H and O–H groups in total. The summed E-state index contributed by atoms with van der Waals surface area (Å²) < 4.78 is 14.1. The van der Waals surface area contributed by atoms with Gasteiger partial charge >= 0.3 is 0 Å². The maximum Gasteiger partial charge on any atom is 0.242 e. The molecule has 0 saturated heterocycles. The fourth-order valence-corrected chi connectivity index (χ4v) is 12.2. The summed E-state index contributed by atoms with van der Waals surface area (Å²) in [6.07, 6.45) is 0. The van der Waals surface area contributed by atoms with Crippen LogP contribution in [0, 0.1) is 0 Å². The van der Waals surface area contributed by atoms with Gasteiger partial charge in [-0.2, -0.15) is 0 Å². The van der Waals surface area contributed by atoms with Gasteiger partial charge in [-0.3, -0.25) is 0 Å². The Bertz CT molecular complexity index is 2610. The van der Waals surface area contributed by atoms with Gasteiger partial charge in [-0.15, -0.1) is 0 Å².